The molecule has 9 heteroatoms. The van der Waals surface area contributed by atoms with Gasteiger partial charge in [-0.2, -0.15) is 14.4 Å². The molecule has 1 aromatic rings. The van der Waals surface area contributed by atoms with E-state index >= 15 is 0 Å². The fourth-order valence-corrected chi connectivity index (χ4v) is 3.17. The molecular weight excluding hydrogens is 289 g/mol. The fraction of sp³-hybridized carbons (Fsp3) is 0.364. The quantitative estimate of drug-likeness (QED) is 0.650. The minimum Gasteiger partial charge on any atom is -0.258 e. The number of nitro groups is 1. The van der Waals surface area contributed by atoms with Crippen LogP contribution in [-0.2, 0) is 10.0 Å². The summed E-state index contributed by atoms with van der Waals surface area (Å²) in [5.41, 5.74) is -1.12. The highest BCUT2D eigenvalue weighted by molar-refractivity contribution is 7.89. The van der Waals surface area contributed by atoms with Crippen LogP contribution in [0.15, 0.2) is 23.1 Å². The number of hydrogen-bond acceptors (Lipinski definition) is 5. The lowest BCUT2D eigenvalue weighted by Crippen LogP contribution is -2.35. The van der Waals surface area contributed by atoms with Crippen LogP contribution in [0.3, 0.4) is 0 Å². The van der Waals surface area contributed by atoms with Gasteiger partial charge in [-0.1, -0.05) is 6.07 Å². The zero-order chi connectivity index (χ0) is 14.9. The summed E-state index contributed by atoms with van der Waals surface area (Å²) in [6.45, 7) is 0. The van der Waals surface area contributed by atoms with Crippen molar-refractivity contribution in [1.82, 2.24) is 4.72 Å². The Balaban J connectivity index is 2.42. The molecule has 106 valence electrons. The molecule has 2 rings (SSSR count). The van der Waals surface area contributed by atoms with Gasteiger partial charge in [0.05, 0.1) is 11.0 Å². The number of nitrogens with one attached hydrogen (secondary N) is 1. The van der Waals surface area contributed by atoms with Crippen molar-refractivity contribution < 1.29 is 17.7 Å². The summed E-state index contributed by atoms with van der Waals surface area (Å²) in [4.78, 5) is 8.93. The van der Waals surface area contributed by atoms with Gasteiger partial charge in [-0.3, -0.25) is 10.1 Å². The van der Waals surface area contributed by atoms with E-state index in [-0.39, 0.29) is 5.92 Å². The fourth-order valence-electron chi connectivity index (χ4n) is 1.78. The number of nitriles is 1. The first-order valence-corrected chi connectivity index (χ1v) is 7.20. The average molecular weight is 299 g/mol. The van der Waals surface area contributed by atoms with E-state index in [4.69, 9.17) is 5.26 Å². The Labute approximate surface area is 114 Å². The molecule has 7 nitrogen and oxygen atoms in total. The molecule has 0 heterocycles. The van der Waals surface area contributed by atoms with E-state index in [9.17, 15) is 22.9 Å². The van der Waals surface area contributed by atoms with Crippen LogP contribution in [0.1, 0.15) is 12.8 Å². The molecule has 0 bridgehead atoms. The first-order valence-electron chi connectivity index (χ1n) is 5.71. The summed E-state index contributed by atoms with van der Waals surface area (Å²) in [5, 5.41) is 19.7. The summed E-state index contributed by atoms with van der Waals surface area (Å²) in [7, 11) is -4.33. The van der Waals surface area contributed by atoms with E-state index in [2.05, 4.69) is 4.72 Å². The third-order valence-corrected chi connectivity index (χ3v) is 4.41. The largest absolute Gasteiger partial charge is 0.324 e. The molecule has 0 spiro atoms. The van der Waals surface area contributed by atoms with Crippen LogP contribution in [0, 0.1) is 33.2 Å². The van der Waals surface area contributed by atoms with Gasteiger partial charge in [-0.05, 0) is 30.9 Å². The van der Waals surface area contributed by atoms with Crippen LogP contribution in [0.2, 0.25) is 0 Å². The Hall–Kier alpha value is -2.05. The zero-order valence-electron chi connectivity index (χ0n) is 10.1. The highest BCUT2D eigenvalue weighted by atomic mass is 32.2. The second-order valence-electron chi connectivity index (χ2n) is 4.41. The van der Waals surface area contributed by atoms with E-state index in [0.29, 0.717) is 12.8 Å². The first kappa shape index (κ1) is 14.4. The van der Waals surface area contributed by atoms with Crippen molar-refractivity contribution in [2.24, 2.45) is 5.92 Å². The Morgan fingerprint density at radius 2 is 2.15 bits per heavy atom. The molecule has 0 amide bonds. The molecule has 20 heavy (non-hydrogen) atoms. The average Bonchev–Trinajstić information content (AvgIpc) is 3.19. The maximum Gasteiger partial charge on any atom is 0.324 e. The van der Waals surface area contributed by atoms with Crippen LogP contribution in [0.4, 0.5) is 10.1 Å². The molecule has 1 fully saturated rings. The number of nitro benzene ring substituents is 1. The van der Waals surface area contributed by atoms with E-state index in [1.54, 1.807) is 6.07 Å². The lowest BCUT2D eigenvalue weighted by molar-refractivity contribution is -0.390. The SMILES string of the molecule is N#CC(NS(=O)(=O)c1cccc(F)c1[N+](=O)[O-])C1CC1. The van der Waals surface area contributed by atoms with Crippen LogP contribution in [0.25, 0.3) is 0 Å². The highest BCUT2D eigenvalue weighted by Crippen LogP contribution is 2.34. The van der Waals surface area contributed by atoms with E-state index in [1.807, 2.05) is 0 Å². The Bertz CT molecular complexity index is 694. The Morgan fingerprint density at radius 1 is 1.50 bits per heavy atom. The summed E-state index contributed by atoms with van der Waals surface area (Å²) in [5.74, 6) is -1.33. The van der Waals surface area contributed by atoms with Crippen molar-refractivity contribution in [1.29, 1.82) is 5.26 Å². The summed E-state index contributed by atoms with van der Waals surface area (Å²) in [6.07, 6.45) is 1.43. The summed E-state index contributed by atoms with van der Waals surface area (Å²) >= 11 is 0. The molecule has 1 aliphatic rings. The molecule has 1 saturated carbocycles. The van der Waals surface area contributed by atoms with Crippen LogP contribution in [0.5, 0.6) is 0 Å². The van der Waals surface area contributed by atoms with Crippen LogP contribution in [-0.4, -0.2) is 19.4 Å². The Kier molecular flexibility index (Phi) is 3.69. The number of halogens is 1. The molecular formula is C11H10FN3O4S. The molecule has 0 saturated heterocycles. The number of para-hydroxylation sites is 1. The molecule has 1 atom stereocenters. The minimum absolute atomic E-state index is 0.0950. The number of benzene rings is 1. The van der Waals surface area contributed by atoms with Crippen LogP contribution >= 0.6 is 0 Å². The first-order chi connectivity index (χ1) is 9.36. The monoisotopic (exact) mass is 299 g/mol. The van der Waals surface area contributed by atoms with Crippen molar-refractivity contribution in [3.63, 3.8) is 0 Å². The van der Waals surface area contributed by atoms with Gasteiger partial charge in [0.25, 0.3) is 0 Å². The van der Waals surface area contributed by atoms with Gasteiger partial charge in [0.2, 0.25) is 15.8 Å². The molecule has 1 aliphatic carbocycles. The van der Waals surface area contributed by atoms with Gasteiger partial charge >= 0.3 is 5.69 Å². The molecule has 1 N–H and O–H groups in total. The van der Waals surface area contributed by atoms with Gasteiger partial charge in [0.15, 0.2) is 4.90 Å². The third kappa shape index (κ3) is 2.76. The molecule has 0 aliphatic heterocycles. The number of nitrogens with zero attached hydrogens (tertiary/aromatic N) is 2. The van der Waals surface area contributed by atoms with Gasteiger partial charge in [-0.15, -0.1) is 0 Å². The molecule has 1 unspecified atom stereocenters. The van der Waals surface area contributed by atoms with Crippen molar-refractivity contribution in [3.05, 3.63) is 34.1 Å². The maximum atomic E-state index is 13.4. The van der Waals surface area contributed by atoms with Crippen molar-refractivity contribution in [2.45, 2.75) is 23.8 Å². The van der Waals surface area contributed by atoms with Gasteiger partial charge in [-0.25, -0.2) is 8.42 Å². The predicted octanol–water partition coefficient (Wildman–Crippen LogP) is 1.31. The smallest absolute Gasteiger partial charge is 0.258 e. The number of rotatable bonds is 5. The third-order valence-electron chi connectivity index (χ3n) is 2.94. The maximum absolute atomic E-state index is 13.4. The van der Waals surface area contributed by atoms with Crippen LogP contribution < -0.4 is 4.72 Å². The second kappa shape index (κ2) is 5.15. The van der Waals surface area contributed by atoms with Crippen molar-refractivity contribution >= 4 is 15.7 Å². The van der Waals surface area contributed by atoms with Gasteiger partial charge < -0.3 is 0 Å². The van der Waals surface area contributed by atoms with Crippen molar-refractivity contribution in [3.8, 4) is 6.07 Å². The molecule has 1 aromatic carbocycles. The van der Waals surface area contributed by atoms with E-state index < -0.39 is 37.4 Å². The highest BCUT2D eigenvalue weighted by Gasteiger charge is 2.37. The topological polar surface area (TPSA) is 113 Å². The molecule has 0 radical (unpaired) electrons. The zero-order valence-corrected chi connectivity index (χ0v) is 10.9. The standard InChI is InChI=1S/C11H10FN3O4S/c12-8-2-1-3-10(11(8)15(16)17)20(18,19)14-9(6-13)7-4-5-7/h1-3,7,9,14H,4-5H2. The van der Waals surface area contributed by atoms with Gasteiger partial charge in [0, 0.05) is 0 Å². The summed E-state index contributed by atoms with van der Waals surface area (Å²) in [6, 6.07) is 3.65. The number of hydrogen-bond donors (Lipinski definition) is 1. The lowest BCUT2D eigenvalue weighted by atomic mass is 10.2. The van der Waals surface area contributed by atoms with Gasteiger partial charge in [0.1, 0.15) is 6.04 Å². The summed E-state index contributed by atoms with van der Waals surface area (Å²) < 4.78 is 39.7. The number of sulfonamides is 1. The predicted molar refractivity (Wildman–Crippen MR) is 65.5 cm³/mol. The van der Waals surface area contributed by atoms with Crippen molar-refractivity contribution in [2.75, 3.05) is 0 Å². The van der Waals surface area contributed by atoms with E-state index in [1.165, 1.54) is 0 Å². The normalized spacial score (nSPS) is 16.4. The lowest BCUT2D eigenvalue weighted by Gasteiger charge is -2.11. The van der Waals surface area contributed by atoms with E-state index in [0.717, 1.165) is 18.2 Å². The minimum atomic E-state index is -4.33. The second-order valence-corrected chi connectivity index (χ2v) is 6.09. The molecule has 0 aromatic heterocycles. The Morgan fingerprint density at radius 3 is 2.65 bits per heavy atom.